The molecule has 2 aliphatic heterocycles. The van der Waals surface area contributed by atoms with Gasteiger partial charge in [-0.15, -0.1) is 0 Å². The van der Waals surface area contributed by atoms with Crippen molar-refractivity contribution in [2.24, 2.45) is 0 Å². The number of hydrogen-bond donors (Lipinski definition) is 0. The third kappa shape index (κ3) is 6.52. The highest BCUT2D eigenvalue weighted by molar-refractivity contribution is 5.85. The number of benzene rings is 4. The van der Waals surface area contributed by atoms with Crippen molar-refractivity contribution in [1.82, 2.24) is 0 Å². The molecule has 48 heavy (non-hydrogen) atoms. The molecule has 0 bridgehead atoms. The van der Waals surface area contributed by atoms with Gasteiger partial charge in [-0.3, -0.25) is 0 Å². The summed E-state index contributed by atoms with van der Waals surface area (Å²) < 4.78 is 24.5. The van der Waals surface area contributed by atoms with Gasteiger partial charge in [0.05, 0.1) is 13.2 Å². The lowest BCUT2D eigenvalue weighted by Crippen LogP contribution is -2.43. The Hall–Kier alpha value is -4.02. The second kappa shape index (κ2) is 13.1. The van der Waals surface area contributed by atoms with Gasteiger partial charge in [-0.25, -0.2) is 19.6 Å². The lowest BCUT2D eigenvalue weighted by molar-refractivity contribution is -0.475. The molecule has 0 radical (unpaired) electrons. The molecule has 0 N–H and O–H groups in total. The van der Waals surface area contributed by atoms with E-state index >= 15 is 0 Å². The van der Waals surface area contributed by atoms with Crippen molar-refractivity contribution in [3.8, 4) is 23.0 Å². The van der Waals surface area contributed by atoms with E-state index in [0.29, 0.717) is 13.2 Å². The van der Waals surface area contributed by atoms with Gasteiger partial charge in [-0.2, -0.15) is 0 Å². The minimum absolute atomic E-state index is 0.345. The van der Waals surface area contributed by atoms with Crippen LogP contribution in [0.2, 0.25) is 0 Å². The fourth-order valence-corrected chi connectivity index (χ4v) is 6.90. The molecule has 2 aliphatic carbocycles. The maximum atomic E-state index is 6.21. The van der Waals surface area contributed by atoms with Crippen LogP contribution >= 0.6 is 0 Å². The normalized spacial score (nSPS) is 23.0. The van der Waals surface area contributed by atoms with Gasteiger partial charge in [-0.1, -0.05) is 49.6 Å². The van der Waals surface area contributed by atoms with Crippen LogP contribution in [0.25, 0.3) is 21.9 Å². The molecule has 4 fully saturated rings. The van der Waals surface area contributed by atoms with Crippen molar-refractivity contribution in [3.63, 3.8) is 0 Å². The summed E-state index contributed by atoms with van der Waals surface area (Å²) in [5, 5.41) is 2.09. The highest BCUT2D eigenvalue weighted by Gasteiger charge is 2.43. The molecule has 8 rings (SSSR count). The van der Waals surface area contributed by atoms with Crippen LogP contribution in [-0.2, 0) is 29.0 Å². The molecule has 2 saturated carbocycles. The summed E-state index contributed by atoms with van der Waals surface area (Å²) in [6.45, 7) is 9.34. The van der Waals surface area contributed by atoms with Crippen LogP contribution in [0.4, 0.5) is 0 Å². The fraction of sp³-hybridized carbons (Fsp3) is 0.350. The molecule has 2 saturated heterocycles. The molecule has 2 heterocycles. The summed E-state index contributed by atoms with van der Waals surface area (Å²) >= 11 is 0. The molecule has 2 atom stereocenters. The second-order valence-corrected chi connectivity index (χ2v) is 13.2. The predicted molar refractivity (Wildman–Crippen MR) is 181 cm³/mol. The first-order chi connectivity index (χ1) is 23.4. The molecule has 2 spiro atoms. The maximum Gasteiger partial charge on any atom is 0.201 e. The molecule has 248 valence electrons. The minimum Gasteiger partial charge on any atom is -0.457 e. The van der Waals surface area contributed by atoms with Gasteiger partial charge < -0.3 is 18.9 Å². The van der Waals surface area contributed by atoms with Crippen molar-refractivity contribution >= 4 is 21.9 Å². The smallest absolute Gasteiger partial charge is 0.201 e. The summed E-state index contributed by atoms with van der Waals surface area (Å²) in [4.78, 5) is 22.8. The summed E-state index contributed by atoms with van der Waals surface area (Å²) in [5.74, 6) is 1.75. The Balaban J connectivity index is 0.874. The zero-order valence-corrected chi connectivity index (χ0v) is 27.0. The van der Waals surface area contributed by atoms with Crippen LogP contribution in [0, 0.1) is 0 Å². The third-order valence-electron chi connectivity index (χ3n) is 9.84. The molecule has 4 aromatic carbocycles. The predicted octanol–water partition coefficient (Wildman–Crippen LogP) is 9.69. The Kier molecular flexibility index (Phi) is 8.54. The third-order valence-corrected chi connectivity index (χ3v) is 9.84. The van der Waals surface area contributed by atoms with E-state index in [1.807, 2.05) is 84.9 Å². The molecule has 8 nitrogen and oxygen atoms in total. The monoisotopic (exact) mass is 648 g/mol. The zero-order chi connectivity index (χ0) is 32.6. The van der Waals surface area contributed by atoms with Gasteiger partial charge in [0.1, 0.15) is 35.2 Å². The van der Waals surface area contributed by atoms with E-state index in [-0.39, 0.29) is 12.2 Å². The molecule has 2 unspecified atom stereocenters. The van der Waals surface area contributed by atoms with Crippen molar-refractivity contribution in [1.29, 1.82) is 0 Å². The molecule has 0 amide bonds. The van der Waals surface area contributed by atoms with Gasteiger partial charge >= 0.3 is 0 Å². The lowest BCUT2D eigenvalue weighted by Gasteiger charge is -2.36. The van der Waals surface area contributed by atoms with E-state index in [9.17, 15) is 0 Å². The van der Waals surface area contributed by atoms with E-state index in [1.165, 1.54) is 0 Å². The number of hydrogen-bond acceptors (Lipinski definition) is 8. The average Bonchev–Trinajstić information content (AvgIpc) is 3.79. The standard InChI is InChI=1S/C40H40O8/c1-27(37-25-41-39(47-45-37)19-3-4-20-39)29-7-13-33(14-8-29)43-35-17-11-31-12-18-36(24-32(31)23-35)44-34-15-9-30(10-16-34)28(2)38-26-42-40(48-46-38)21-5-6-22-40/h7-18,23-24,37-38H,1-6,19-22,25-26H2. The Labute approximate surface area is 280 Å². The van der Waals surface area contributed by atoms with Gasteiger partial charge in [0.15, 0.2) is 0 Å². The van der Waals surface area contributed by atoms with E-state index in [0.717, 1.165) is 107 Å². The van der Waals surface area contributed by atoms with Crippen LogP contribution in [0.15, 0.2) is 98.1 Å². The molecule has 8 heteroatoms. The van der Waals surface area contributed by atoms with Gasteiger partial charge in [0, 0.05) is 25.7 Å². The van der Waals surface area contributed by atoms with Gasteiger partial charge in [0.2, 0.25) is 11.6 Å². The molecule has 0 aromatic heterocycles. The van der Waals surface area contributed by atoms with E-state index in [2.05, 4.69) is 13.2 Å². The largest absolute Gasteiger partial charge is 0.457 e. The number of rotatable bonds is 8. The van der Waals surface area contributed by atoms with Crippen LogP contribution in [0.1, 0.15) is 62.5 Å². The van der Waals surface area contributed by atoms with Crippen LogP contribution in [0.3, 0.4) is 0 Å². The first-order valence-corrected chi connectivity index (χ1v) is 16.9. The minimum atomic E-state index is -0.571. The molecular weight excluding hydrogens is 608 g/mol. The zero-order valence-electron chi connectivity index (χ0n) is 27.0. The van der Waals surface area contributed by atoms with Crippen molar-refractivity contribution in [3.05, 3.63) is 109 Å². The van der Waals surface area contributed by atoms with Crippen LogP contribution < -0.4 is 9.47 Å². The maximum absolute atomic E-state index is 6.21. The summed E-state index contributed by atoms with van der Waals surface area (Å²) in [7, 11) is 0. The highest BCUT2D eigenvalue weighted by Crippen LogP contribution is 2.41. The Morgan fingerprint density at radius 1 is 0.521 bits per heavy atom. The number of ether oxygens (including phenoxy) is 4. The molecular formula is C40H40O8. The SMILES string of the molecule is C=C(c1ccc(Oc2ccc3ccc(Oc4ccc(C(=C)C5COC6(CCCC6)OO5)cc4)cc3c2)cc1)C1COC2(CCCC2)OO1. The fourth-order valence-electron chi connectivity index (χ4n) is 6.90. The van der Waals surface area contributed by atoms with Crippen molar-refractivity contribution in [2.75, 3.05) is 13.2 Å². The Morgan fingerprint density at radius 3 is 1.29 bits per heavy atom. The average molecular weight is 649 g/mol. The summed E-state index contributed by atoms with van der Waals surface area (Å²) in [6.07, 6.45) is 7.18. The Morgan fingerprint density at radius 2 is 0.917 bits per heavy atom. The highest BCUT2D eigenvalue weighted by atomic mass is 17.2. The number of fused-ring (bicyclic) bond motifs is 1. The molecule has 4 aromatic rings. The van der Waals surface area contributed by atoms with Crippen LogP contribution in [-0.4, -0.2) is 37.0 Å². The van der Waals surface area contributed by atoms with Crippen molar-refractivity contribution in [2.45, 2.75) is 75.1 Å². The summed E-state index contributed by atoms with van der Waals surface area (Å²) in [6, 6.07) is 27.6. The first kappa shape index (κ1) is 31.3. The Bertz CT molecular complexity index is 1640. The van der Waals surface area contributed by atoms with Gasteiger partial charge in [0.25, 0.3) is 0 Å². The lowest BCUT2D eigenvalue weighted by atomic mass is 10.0. The first-order valence-electron chi connectivity index (χ1n) is 16.9. The second-order valence-electron chi connectivity index (χ2n) is 13.2. The molecule has 4 aliphatic rings. The van der Waals surface area contributed by atoms with Crippen LogP contribution in [0.5, 0.6) is 23.0 Å². The van der Waals surface area contributed by atoms with Crippen molar-refractivity contribution < 1.29 is 38.5 Å². The summed E-state index contributed by atoms with van der Waals surface area (Å²) in [5.41, 5.74) is 3.52. The van der Waals surface area contributed by atoms with E-state index < -0.39 is 11.6 Å². The van der Waals surface area contributed by atoms with E-state index in [4.69, 9.17) is 38.5 Å². The quantitative estimate of drug-likeness (QED) is 0.175. The topological polar surface area (TPSA) is 73.8 Å². The van der Waals surface area contributed by atoms with E-state index in [1.54, 1.807) is 0 Å². The van der Waals surface area contributed by atoms with Gasteiger partial charge in [-0.05, 0) is 107 Å².